The summed E-state index contributed by atoms with van der Waals surface area (Å²) in [7, 11) is 0. The van der Waals surface area contributed by atoms with Crippen molar-refractivity contribution in [1.29, 1.82) is 0 Å². The standard InChI is InChI=1S/C18H11Cl5N2O2/c19-12-3-1-10(14(21)5-12)7-24-9-16(23)17(26)25(18(24)27)8-11-2-4-13(20)6-15(11)22/h1-6,9H,7-8H2. The average molecular weight is 465 g/mol. The topological polar surface area (TPSA) is 44.0 Å². The Bertz CT molecular complexity index is 1140. The maximum absolute atomic E-state index is 12.8. The summed E-state index contributed by atoms with van der Waals surface area (Å²) >= 11 is 30.2. The molecule has 140 valence electrons. The maximum atomic E-state index is 12.8. The van der Waals surface area contributed by atoms with E-state index in [0.29, 0.717) is 31.2 Å². The zero-order valence-electron chi connectivity index (χ0n) is 13.6. The molecule has 0 unspecified atom stereocenters. The van der Waals surface area contributed by atoms with Crippen LogP contribution >= 0.6 is 58.0 Å². The highest BCUT2D eigenvalue weighted by Crippen LogP contribution is 2.22. The highest BCUT2D eigenvalue weighted by molar-refractivity contribution is 6.35. The fourth-order valence-electron chi connectivity index (χ4n) is 2.52. The summed E-state index contributed by atoms with van der Waals surface area (Å²) in [5, 5.41) is 1.60. The van der Waals surface area contributed by atoms with Crippen molar-refractivity contribution < 1.29 is 0 Å². The van der Waals surface area contributed by atoms with E-state index in [4.69, 9.17) is 58.0 Å². The summed E-state index contributed by atoms with van der Waals surface area (Å²) in [5.74, 6) is 0. The van der Waals surface area contributed by atoms with Crippen molar-refractivity contribution in [3.05, 3.63) is 99.7 Å². The molecule has 3 rings (SSSR count). The number of benzene rings is 2. The molecule has 4 nitrogen and oxygen atoms in total. The van der Waals surface area contributed by atoms with E-state index in [0.717, 1.165) is 4.57 Å². The minimum atomic E-state index is -0.605. The van der Waals surface area contributed by atoms with Crippen LogP contribution in [0.4, 0.5) is 0 Å². The van der Waals surface area contributed by atoms with Gasteiger partial charge in [-0.05, 0) is 35.4 Å². The van der Waals surface area contributed by atoms with Crippen LogP contribution in [0.3, 0.4) is 0 Å². The zero-order valence-corrected chi connectivity index (χ0v) is 17.3. The van der Waals surface area contributed by atoms with E-state index in [1.165, 1.54) is 10.8 Å². The van der Waals surface area contributed by atoms with Gasteiger partial charge in [-0.25, -0.2) is 4.79 Å². The normalized spacial score (nSPS) is 11.0. The Balaban J connectivity index is 2.05. The fraction of sp³-hybridized carbons (Fsp3) is 0.111. The largest absolute Gasteiger partial charge is 0.331 e. The maximum Gasteiger partial charge on any atom is 0.331 e. The van der Waals surface area contributed by atoms with E-state index in [1.54, 1.807) is 36.4 Å². The molecule has 0 atom stereocenters. The van der Waals surface area contributed by atoms with Crippen molar-refractivity contribution in [2.24, 2.45) is 0 Å². The van der Waals surface area contributed by atoms with Crippen molar-refractivity contribution >= 4 is 58.0 Å². The first-order valence-electron chi connectivity index (χ1n) is 7.64. The van der Waals surface area contributed by atoms with E-state index in [2.05, 4.69) is 0 Å². The Kier molecular flexibility index (Phi) is 6.24. The Hall–Kier alpha value is -1.43. The van der Waals surface area contributed by atoms with Crippen molar-refractivity contribution in [2.45, 2.75) is 13.1 Å². The van der Waals surface area contributed by atoms with Gasteiger partial charge in [0.15, 0.2) is 0 Å². The molecule has 0 bridgehead atoms. The second-order valence-electron chi connectivity index (χ2n) is 5.75. The first-order chi connectivity index (χ1) is 12.8. The molecular formula is C18H11Cl5N2O2. The van der Waals surface area contributed by atoms with Crippen LogP contribution < -0.4 is 11.2 Å². The van der Waals surface area contributed by atoms with Crippen molar-refractivity contribution in [1.82, 2.24) is 9.13 Å². The molecule has 0 aliphatic heterocycles. The molecule has 0 spiro atoms. The molecule has 0 aliphatic carbocycles. The number of rotatable bonds is 4. The van der Waals surface area contributed by atoms with Gasteiger partial charge in [-0.3, -0.25) is 13.9 Å². The lowest BCUT2D eigenvalue weighted by Crippen LogP contribution is -2.40. The summed E-state index contributed by atoms with van der Waals surface area (Å²) < 4.78 is 2.32. The third kappa shape index (κ3) is 4.53. The fourth-order valence-corrected chi connectivity index (χ4v) is 3.68. The number of halogens is 5. The molecule has 0 saturated heterocycles. The predicted molar refractivity (Wildman–Crippen MR) is 111 cm³/mol. The molecule has 2 aromatic carbocycles. The Labute approximate surface area is 179 Å². The highest BCUT2D eigenvalue weighted by Gasteiger charge is 2.14. The minimum Gasteiger partial charge on any atom is -0.294 e. The SMILES string of the molecule is O=c1c(Cl)cn(Cc2ccc(Cl)cc2Cl)c(=O)n1Cc1ccc(Cl)cc1Cl. The van der Waals surface area contributed by atoms with Crippen LogP contribution in [-0.2, 0) is 13.1 Å². The van der Waals surface area contributed by atoms with Crippen LogP contribution in [0.5, 0.6) is 0 Å². The molecule has 9 heteroatoms. The van der Waals surface area contributed by atoms with Gasteiger partial charge in [0.1, 0.15) is 5.02 Å². The number of nitrogens with zero attached hydrogens (tertiary/aromatic N) is 2. The summed E-state index contributed by atoms with van der Waals surface area (Å²) in [4.78, 5) is 25.2. The lowest BCUT2D eigenvalue weighted by Gasteiger charge is -2.13. The Morgan fingerprint density at radius 1 is 0.704 bits per heavy atom. The molecule has 1 heterocycles. The Morgan fingerprint density at radius 3 is 1.74 bits per heavy atom. The third-order valence-electron chi connectivity index (χ3n) is 3.89. The van der Waals surface area contributed by atoms with E-state index in [9.17, 15) is 9.59 Å². The summed E-state index contributed by atoms with van der Waals surface area (Å²) in [6.45, 7) is 0.0891. The molecule has 0 amide bonds. The van der Waals surface area contributed by atoms with E-state index >= 15 is 0 Å². The van der Waals surface area contributed by atoms with Gasteiger partial charge in [-0.1, -0.05) is 70.1 Å². The number of hydrogen-bond donors (Lipinski definition) is 0. The van der Waals surface area contributed by atoms with Gasteiger partial charge in [0, 0.05) is 26.3 Å². The van der Waals surface area contributed by atoms with Gasteiger partial charge in [-0.2, -0.15) is 0 Å². The second-order valence-corrected chi connectivity index (χ2v) is 7.84. The van der Waals surface area contributed by atoms with Crippen LogP contribution in [0, 0.1) is 0 Å². The first kappa shape index (κ1) is 20.3. The summed E-state index contributed by atoms with van der Waals surface area (Å²) in [6.07, 6.45) is 1.29. The lowest BCUT2D eigenvalue weighted by molar-refractivity contribution is 0.612. The molecule has 0 aliphatic rings. The Morgan fingerprint density at radius 2 is 1.22 bits per heavy atom. The lowest BCUT2D eigenvalue weighted by atomic mass is 10.2. The third-order valence-corrected chi connectivity index (χ3v) is 5.33. The van der Waals surface area contributed by atoms with Crippen molar-refractivity contribution in [3.8, 4) is 0 Å². The summed E-state index contributed by atoms with van der Waals surface area (Å²) in [6, 6.07) is 9.77. The van der Waals surface area contributed by atoms with E-state index in [1.807, 2.05) is 0 Å². The zero-order chi connectivity index (χ0) is 19.7. The summed E-state index contributed by atoms with van der Waals surface area (Å²) in [5.41, 5.74) is 0.0835. The van der Waals surface area contributed by atoms with Gasteiger partial charge >= 0.3 is 5.69 Å². The monoisotopic (exact) mass is 462 g/mol. The van der Waals surface area contributed by atoms with Crippen molar-refractivity contribution in [3.63, 3.8) is 0 Å². The smallest absolute Gasteiger partial charge is 0.294 e. The van der Waals surface area contributed by atoms with Gasteiger partial charge in [-0.15, -0.1) is 0 Å². The van der Waals surface area contributed by atoms with Gasteiger partial charge in [0.25, 0.3) is 5.56 Å². The average Bonchev–Trinajstić information content (AvgIpc) is 2.60. The molecular weight excluding hydrogens is 453 g/mol. The number of aromatic nitrogens is 2. The van der Waals surface area contributed by atoms with Gasteiger partial charge in [0.2, 0.25) is 0 Å². The van der Waals surface area contributed by atoms with Gasteiger partial charge in [0.05, 0.1) is 13.1 Å². The van der Waals surface area contributed by atoms with E-state index in [-0.39, 0.29) is 18.1 Å². The van der Waals surface area contributed by atoms with Crippen LogP contribution in [0.2, 0.25) is 25.1 Å². The highest BCUT2D eigenvalue weighted by atomic mass is 35.5. The van der Waals surface area contributed by atoms with Crippen LogP contribution in [0.25, 0.3) is 0 Å². The molecule has 0 saturated carbocycles. The van der Waals surface area contributed by atoms with Crippen molar-refractivity contribution in [2.75, 3.05) is 0 Å². The molecule has 0 N–H and O–H groups in total. The molecule has 0 fully saturated rings. The predicted octanol–water partition coefficient (Wildman–Crippen LogP) is 5.37. The van der Waals surface area contributed by atoms with E-state index < -0.39 is 11.2 Å². The van der Waals surface area contributed by atoms with Gasteiger partial charge < -0.3 is 0 Å². The first-order valence-corrected chi connectivity index (χ1v) is 9.53. The van der Waals surface area contributed by atoms with Crippen LogP contribution in [0.15, 0.2) is 52.2 Å². The molecule has 3 aromatic rings. The minimum absolute atomic E-state index is 0.0391. The second kappa shape index (κ2) is 8.29. The number of hydrogen-bond acceptors (Lipinski definition) is 2. The van der Waals surface area contributed by atoms with Crippen LogP contribution in [0.1, 0.15) is 11.1 Å². The molecule has 0 radical (unpaired) electrons. The molecule has 27 heavy (non-hydrogen) atoms. The quantitative estimate of drug-likeness (QED) is 0.521. The molecule has 1 aromatic heterocycles. The van der Waals surface area contributed by atoms with Crippen LogP contribution in [-0.4, -0.2) is 9.13 Å².